The van der Waals surface area contributed by atoms with E-state index in [2.05, 4.69) is 9.80 Å². The van der Waals surface area contributed by atoms with Gasteiger partial charge in [-0.1, -0.05) is 0 Å². The summed E-state index contributed by atoms with van der Waals surface area (Å²) >= 11 is 0. The van der Waals surface area contributed by atoms with Gasteiger partial charge in [-0.3, -0.25) is 9.80 Å². The van der Waals surface area contributed by atoms with Crippen molar-refractivity contribution < 1.29 is 0 Å². The van der Waals surface area contributed by atoms with Crippen LogP contribution in [0.1, 0.15) is 44.9 Å². The maximum absolute atomic E-state index is 6.47. The Labute approximate surface area is 129 Å². The Hall–Kier alpha value is -0.120. The molecular formula is C18H31N3. The smallest absolute Gasteiger partial charge is 0.0389 e. The third-order valence-electron chi connectivity index (χ3n) is 7.85. The van der Waals surface area contributed by atoms with Gasteiger partial charge in [-0.25, -0.2) is 0 Å². The van der Waals surface area contributed by atoms with E-state index in [9.17, 15) is 0 Å². The van der Waals surface area contributed by atoms with Crippen LogP contribution in [0.15, 0.2) is 0 Å². The van der Waals surface area contributed by atoms with Gasteiger partial charge in [0, 0.05) is 44.3 Å². The van der Waals surface area contributed by atoms with Crippen LogP contribution in [-0.2, 0) is 0 Å². The first-order chi connectivity index (χ1) is 10.3. The van der Waals surface area contributed by atoms with Crippen LogP contribution in [0.25, 0.3) is 0 Å². The van der Waals surface area contributed by atoms with E-state index in [0.29, 0.717) is 5.54 Å². The minimum absolute atomic E-state index is 0.392. The molecule has 5 saturated carbocycles. The van der Waals surface area contributed by atoms with Gasteiger partial charge < -0.3 is 5.73 Å². The molecule has 0 radical (unpaired) electrons. The minimum Gasteiger partial charge on any atom is -0.329 e. The van der Waals surface area contributed by atoms with Gasteiger partial charge in [-0.05, 0) is 68.6 Å². The monoisotopic (exact) mass is 289 g/mol. The van der Waals surface area contributed by atoms with Crippen molar-refractivity contribution >= 4 is 0 Å². The number of piperazine rings is 1. The summed E-state index contributed by atoms with van der Waals surface area (Å²) in [6.07, 6.45) is 10.4. The molecule has 2 N–H and O–H groups in total. The molecule has 3 nitrogen and oxygen atoms in total. The van der Waals surface area contributed by atoms with Gasteiger partial charge in [0.2, 0.25) is 0 Å². The summed E-state index contributed by atoms with van der Waals surface area (Å²) in [6.45, 7) is 6.11. The molecule has 0 aromatic rings. The summed E-state index contributed by atoms with van der Waals surface area (Å²) in [4.78, 5) is 5.62. The zero-order chi connectivity index (χ0) is 14.0. The predicted octanol–water partition coefficient (Wildman–Crippen LogP) is 1.92. The molecule has 6 rings (SSSR count). The van der Waals surface area contributed by atoms with Crippen molar-refractivity contribution in [3.05, 3.63) is 0 Å². The van der Waals surface area contributed by atoms with Gasteiger partial charge in [-0.15, -0.1) is 0 Å². The van der Waals surface area contributed by atoms with Crippen LogP contribution in [0.4, 0.5) is 0 Å². The van der Waals surface area contributed by atoms with Crippen LogP contribution in [0.5, 0.6) is 0 Å². The number of nitrogens with two attached hydrogens (primary N) is 1. The lowest BCUT2D eigenvalue weighted by atomic mass is 9.48. The maximum Gasteiger partial charge on any atom is 0.0389 e. The first-order valence-electron chi connectivity index (χ1n) is 9.48. The van der Waals surface area contributed by atoms with E-state index in [-0.39, 0.29) is 0 Å². The third-order valence-corrected chi connectivity index (χ3v) is 7.85. The SMILES string of the molecule is NCC1(N2CCN(C3CC3)CC2)C2CC3CC(C2)CC1C3. The Bertz CT molecular complexity index is 381. The molecule has 3 heteroatoms. The lowest BCUT2D eigenvalue weighted by Crippen LogP contribution is -2.71. The molecule has 0 unspecified atom stereocenters. The number of rotatable bonds is 3. The summed E-state index contributed by atoms with van der Waals surface area (Å²) in [5.41, 5.74) is 6.86. The van der Waals surface area contributed by atoms with Crippen molar-refractivity contribution in [3.8, 4) is 0 Å². The zero-order valence-electron chi connectivity index (χ0n) is 13.3. The van der Waals surface area contributed by atoms with Gasteiger partial charge >= 0.3 is 0 Å². The Morgan fingerprint density at radius 1 is 0.810 bits per heavy atom. The molecule has 1 heterocycles. The normalized spacial score (nSPS) is 50.7. The molecular weight excluding hydrogens is 258 g/mol. The fraction of sp³-hybridized carbons (Fsp3) is 1.00. The van der Waals surface area contributed by atoms with Crippen LogP contribution in [0.3, 0.4) is 0 Å². The Kier molecular flexibility index (Phi) is 2.98. The second kappa shape index (κ2) is 4.69. The molecule has 5 aliphatic carbocycles. The van der Waals surface area contributed by atoms with Gasteiger partial charge in [0.25, 0.3) is 0 Å². The van der Waals surface area contributed by atoms with Crippen molar-refractivity contribution in [2.45, 2.75) is 56.5 Å². The van der Waals surface area contributed by atoms with Crippen LogP contribution in [0.2, 0.25) is 0 Å². The van der Waals surface area contributed by atoms with Crippen molar-refractivity contribution in [1.82, 2.24) is 9.80 Å². The van der Waals surface area contributed by atoms with E-state index in [1.807, 2.05) is 0 Å². The molecule has 6 aliphatic rings. The quantitative estimate of drug-likeness (QED) is 0.861. The van der Waals surface area contributed by atoms with E-state index in [1.54, 1.807) is 6.42 Å². The van der Waals surface area contributed by atoms with Gasteiger partial charge in [0.15, 0.2) is 0 Å². The standard InChI is InChI=1S/C18H31N3/c19-12-18(21-5-3-20(4-6-21)17-1-2-17)15-8-13-7-14(10-15)11-16(18)9-13/h13-17H,1-12,19H2. The maximum atomic E-state index is 6.47. The molecule has 118 valence electrons. The van der Waals surface area contributed by atoms with Crippen LogP contribution >= 0.6 is 0 Å². The number of hydrogen-bond donors (Lipinski definition) is 1. The van der Waals surface area contributed by atoms with Crippen LogP contribution < -0.4 is 5.73 Å². The van der Waals surface area contributed by atoms with E-state index in [0.717, 1.165) is 36.3 Å². The Morgan fingerprint density at radius 2 is 1.38 bits per heavy atom. The van der Waals surface area contributed by atoms with Crippen LogP contribution in [-0.4, -0.2) is 54.1 Å². The number of nitrogens with zero attached hydrogens (tertiary/aromatic N) is 2. The Morgan fingerprint density at radius 3 is 1.86 bits per heavy atom. The van der Waals surface area contributed by atoms with Gasteiger partial charge in [-0.2, -0.15) is 0 Å². The van der Waals surface area contributed by atoms with Crippen molar-refractivity contribution in [1.29, 1.82) is 0 Å². The molecule has 1 saturated heterocycles. The first kappa shape index (κ1) is 13.3. The third kappa shape index (κ3) is 1.90. The largest absolute Gasteiger partial charge is 0.329 e. The minimum atomic E-state index is 0.392. The fourth-order valence-corrected chi connectivity index (χ4v) is 6.92. The van der Waals surface area contributed by atoms with Crippen molar-refractivity contribution in [3.63, 3.8) is 0 Å². The van der Waals surface area contributed by atoms with E-state index in [4.69, 9.17) is 5.73 Å². The van der Waals surface area contributed by atoms with Gasteiger partial charge in [0.1, 0.15) is 0 Å². The fourth-order valence-electron chi connectivity index (χ4n) is 6.92. The highest BCUT2D eigenvalue weighted by Gasteiger charge is 2.59. The predicted molar refractivity (Wildman–Crippen MR) is 85.0 cm³/mol. The second-order valence-electron chi connectivity index (χ2n) is 8.75. The summed E-state index contributed by atoms with van der Waals surface area (Å²) in [5, 5.41) is 0. The highest BCUT2D eigenvalue weighted by molar-refractivity contribution is 5.13. The molecule has 1 aliphatic heterocycles. The Balaban J connectivity index is 1.38. The molecule has 0 amide bonds. The molecule has 6 fully saturated rings. The second-order valence-corrected chi connectivity index (χ2v) is 8.75. The topological polar surface area (TPSA) is 32.5 Å². The molecule has 21 heavy (non-hydrogen) atoms. The summed E-state index contributed by atoms with van der Waals surface area (Å²) in [6, 6.07) is 0.944. The highest BCUT2D eigenvalue weighted by Crippen LogP contribution is 2.60. The van der Waals surface area contributed by atoms with Gasteiger partial charge in [0.05, 0.1) is 0 Å². The molecule has 0 atom stereocenters. The van der Waals surface area contributed by atoms with Crippen molar-refractivity contribution in [2.24, 2.45) is 29.4 Å². The average Bonchev–Trinajstić information content (AvgIpc) is 3.32. The van der Waals surface area contributed by atoms with Crippen LogP contribution in [0, 0.1) is 23.7 Å². The molecule has 0 aromatic heterocycles. The van der Waals surface area contributed by atoms with E-state index >= 15 is 0 Å². The highest BCUT2D eigenvalue weighted by atomic mass is 15.3. The van der Waals surface area contributed by atoms with E-state index in [1.165, 1.54) is 64.7 Å². The summed E-state index contributed by atoms with van der Waals surface area (Å²) < 4.78 is 0. The molecule has 0 aromatic carbocycles. The zero-order valence-corrected chi connectivity index (χ0v) is 13.3. The molecule has 0 spiro atoms. The molecule has 4 bridgehead atoms. The lowest BCUT2D eigenvalue weighted by molar-refractivity contribution is -0.140. The average molecular weight is 289 g/mol. The lowest BCUT2D eigenvalue weighted by Gasteiger charge is -2.65. The summed E-state index contributed by atoms with van der Waals surface area (Å²) in [7, 11) is 0. The van der Waals surface area contributed by atoms with E-state index < -0.39 is 0 Å². The number of hydrogen-bond acceptors (Lipinski definition) is 3. The van der Waals surface area contributed by atoms with Crippen molar-refractivity contribution in [2.75, 3.05) is 32.7 Å². The summed E-state index contributed by atoms with van der Waals surface area (Å²) in [5.74, 6) is 3.96. The first-order valence-corrected chi connectivity index (χ1v) is 9.48.